The molecule has 0 radical (unpaired) electrons. The van der Waals surface area contributed by atoms with Gasteiger partial charge in [0.15, 0.2) is 11.5 Å². The molecule has 134 valence electrons. The van der Waals surface area contributed by atoms with Crippen LogP contribution in [0.25, 0.3) is 0 Å². The quantitative estimate of drug-likeness (QED) is 0.852. The molecule has 0 spiro atoms. The summed E-state index contributed by atoms with van der Waals surface area (Å²) in [4.78, 5) is 28.4. The van der Waals surface area contributed by atoms with Gasteiger partial charge in [0, 0.05) is 30.9 Å². The number of aryl methyl sites for hydroxylation is 1. The third-order valence-electron chi connectivity index (χ3n) is 4.75. The number of carbonyl (C=O) groups is 2. The predicted molar refractivity (Wildman–Crippen MR) is 97.7 cm³/mol. The molecule has 0 saturated carbocycles. The summed E-state index contributed by atoms with van der Waals surface area (Å²) >= 11 is 0. The lowest BCUT2D eigenvalue weighted by Gasteiger charge is -2.31. The van der Waals surface area contributed by atoms with Crippen LogP contribution in [0.3, 0.4) is 0 Å². The van der Waals surface area contributed by atoms with Gasteiger partial charge < -0.3 is 19.3 Å². The Balaban J connectivity index is 1.58. The molecule has 2 aliphatic heterocycles. The van der Waals surface area contributed by atoms with Crippen LogP contribution in [0.15, 0.2) is 42.5 Å². The largest absolute Gasteiger partial charge is 0.454 e. The highest BCUT2D eigenvalue weighted by molar-refractivity contribution is 6.03. The van der Waals surface area contributed by atoms with E-state index < -0.39 is 0 Å². The monoisotopic (exact) mass is 352 g/mol. The number of para-hydroxylation sites is 1. The summed E-state index contributed by atoms with van der Waals surface area (Å²) in [6, 6.07) is 13.2. The van der Waals surface area contributed by atoms with Crippen molar-refractivity contribution in [3.05, 3.63) is 48.0 Å². The van der Waals surface area contributed by atoms with Crippen LogP contribution in [-0.4, -0.2) is 31.7 Å². The van der Waals surface area contributed by atoms with Crippen molar-refractivity contribution in [3.8, 4) is 11.5 Å². The van der Waals surface area contributed by atoms with E-state index in [2.05, 4.69) is 6.07 Å². The van der Waals surface area contributed by atoms with Crippen molar-refractivity contribution in [3.63, 3.8) is 0 Å². The predicted octanol–water partition coefficient (Wildman–Crippen LogP) is 2.75. The van der Waals surface area contributed by atoms with Crippen molar-refractivity contribution in [2.45, 2.75) is 19.8 Å². The zero-order chi connectivity index (χ0) is 18.1. The van der Waals surface area contributed by atoms with E-state index in [1.807, 2.05) is 18.2 Å². The number of fused-ring (bicyclic) bond motifs is 2. The van der Waals surface area contributed by atoms with Crippen molar-refractivity contribution in [1.29, 1.82) is 0 Å². The highest BCUT2D eigenvalue weighted by Crippen LogP contribution is 2.35. The van der Waals surface area contributed by atoms with E-state index in [0.29, 0.717) is 23.7 Å². The average Bonchev–Trinajstić information content (AvgIpc) is 3.13. The second-order valence-corrected chi connectivity index (χ2v) is 6.42. The molecule has 0 aromatic heterocycles. The van der Waals surface area contributed by atoms with Crippen molar-refractivity contribution in [2.24, 2.45) is 0 Å². The Morgan fingerprint density at radius 2 is 1.92 bits per heavy atom. The highest BCUT2D eigenvalue weighted by Gasteiger charge is 2.26. The second kappa shape index (κ2) is 6.71. The molecule has 0 fully saturated rings. The molecule has 0 N–H and O–H groups in total. The summed E-state index contributed by atoms with van der Waals surface area (Å²) in [5, 5.41) is 0. The van der Waals surface area contributed by atoms with Crippen LogP contribution < -0.4 is 19.3 Å². The van der Waals surface area contributed by atoms with Crippen molar-refractivity contribution in [2.75, 3.05) is 29.7 Å². The Morgan fingerprint density at radius 1 is 1.12 bits per heavy atom. The van der Waals surface area contributed by atoms with Crippen LogP contribution >= 0.6 is 0 Å². The van der Waals surface area contributed by atoms with E-state index in [1.165, 1.54) is 17.4 Å². The molecule has 0 bridgehead atoms. The Labute approximate surface area is 151 Å². The molecule has 2 heterocycles. The molecule has 0 aliphatic carbocycles. The molecule has 2 amide bonds. The molecule has 0 saturated heterocycles. The van der Waals surface area contributed by atoms with E-state index in [1.54, 1.807) is 23.1 Å². The zero-order valence-corrected chi connectivity index (χ0v) is 14.6. The molecular formula is C20H20N2O4. The summed E-state index contributed by atoms with van der Waals surface area (Å²) in [6.45, 7) is 2.29. The summed E-state index contributed by atoms with van der Waals surface area (Å²) in [5.74, 6) is 0.950. The summed E-state index contributed by atoms with van der Waals surface area (Å²) < 4.78 is 10.7. The maximum Gasteiger partial charge on any atom is 0.247 e. The minimum atomic E-state index is -0.192. The normalized spacial score (nSPS) is 14.7. The molecule has 26 heavy (non-hydrogen) atoms. The molecule has 6 heteroatoms. The highest BCUT2D eigenvalue weighted by atomic mass is 16.7. The fourth-order valence-electron chi connectivity index (χ4n) is 3.45. The number of ether oxygens (including phenoxy) is 2. The van der Waals surface area contributed by atoms with E-state index >= 15 is 0 Å². The van der Waals surface area contributed by atoms with Crippen LogP contribution in [-0.2, 0) is 16.0 Å². The van der Waals surface area contributed by atoms with Gasteiger partial charge in [0.2, 0.25) is 18.6 Å². The molecule has 0 unspecified atom stereocenters. The second-order valence-electron chi connectivity index (χ2n) is 6.42. The SMILES string of the molecule is CC(=O)N(CC(=O)N1CCCc2ccccc21)c1ccc2c(c1)OCO2. The smallest absolute Gasteiger partial charge is 0.247 e. The first kappa shape index (κ1) is 16.4. The third-order valence-corrected chi connectivity index (χ3v) is 4.75. The first-order valence-electron chi connectivity index (χ1n) is 8.69. The first-order chi connectivity index (χ1) is 12.6. The fourth-order valence-corrected chi connectivity index (χ4v) is 3.45. The van der Waals surface area contributed by atoms with Crippen molar-refractivity contribution < 1.29 is 19.1 Å². The number of rotatable bonds is 3. The van der Waals surface area contributed by atoms with Gasteiger partial charge >= 0.3 is 0 Å². The molecule has 2 aliphatic rings. The topological polar surface area (TPSA) is 59.1 Å². The number of benzene rings is 2. The van der Waals surface area contributed by atoms with E-state index in [-0.39, 0.29) is 25.2 Å². The Kier molecular flexibility index (Phi) is 4.24. The first-order valence-corrected chi connectivity index (χ1v) is 8.69. The number of amides is 2. The molecule has 2 aromatic rings. The van der Waals surface area contributed by atoms with Crippen molar-refractivity contribution >= 4 is 23.2 Å². The summed E-state index contributed by atoms with van der Waals surface area (Å²) in [7, 11) is 0. The van der Waals surface area contributed by atoms with Gasteiger partial charge in [-0.05, 0) is 36.6 Å². The zero-order valence-electron chi connectivity index (χ0n) is 14.6. The third kappa shape index (κ3) is 2.98. The fraction of sp³-hybridized carbons (Fsp3) is 0.300. The number of carbonyl (C=O) groups excluding carboxylic acids is 2. The molecule has 2 aromatic carbocycles. The van der Waals surface area contributed by atoms with Crippen LogP contribution in [0, 0.1) is 0 Å². The van der Waals surface area contributed by atoms with E-state index in [4.69, 9.17) is 9.47 Å². The lowest BCUT2D eigenvalue weighted by molar-refractivity contribution is -0.121. The van der Waals surface area contributed by atoms with E-state index in [9.17, 15) is 9.59 Å². The minimum Gasteiger partial charge on any atom is -0.454 e. The molecule has 4 rings (SSSR count). The van der Waals surface area contributed by atoms with Crippen LogP contribution in [0.5, 0.6) is 11.5 Å². The maximum atomic E-state index is 13.0. The molecule has 0 atom stereocenters. The van der Waals surface area contributed by atoms with Gasteiger partial charge in [-0.1, -0.05) is 18.2 Å². The molecule has 6 nitrogen and oxygen atoms in total. The Bertz CT molecular complexity index is 865. The van der Waals surface area contributed by atoms with E-state index in [0.717, 1.165) is 18.5 Å². The number of nitrogens with zero attached hydrogens (tertiary/aromatic N) is 2. The van der Waals surface area contributed by atoms with Crippen LogP contribution in [0.2, 0.25) is 0 Å². The molecular weight excluding hydrogens is 332 g/mol. The van der Waals surface area contributed by atoms with Crippen LogP contribution in [0.4, 0.5) is 11.4 Å². The minimum absolute atomic E-state index is 0.0106. The Hall–Kier alpha value is -3.02. The summed E-state index contributed by atoms with van der Waals surface area (Å²) in [6.07, 6.45) is 1.89. The van der Waals surface area contributed by atoms with Gasteiger partial charge in [0.05, 0.1) is 0 Å². The lowest BCUT2D eigenvalue weighted by atomic mass is 10.0. The number of anilines is 2. The Morgan fingerprint density at radius 3 is 2.77 bits per heavy atom. The number of hydrogen-bond donors (Lipinski definition) is 0. The van der Waals surface area contributed by atoms with Gasteiger partial charge in [-0.15, -0.1) is 0 Å². The van der Waals surface area contributed by atoms with Crippen LogP contribution in [0.1, 0.15) is 18.9 Å². The van der Waals surface area contributed by atoms with Gasteiger partial charge in [0.25, 0.3) is 0 Å². The van der Waals surface area contributed by atoms with Gasteiger partial charge in [-0.3, -0.25) is 9.59 Å². The van der Waals surface area contributed by atoms with Gasteiger partial charge in [-0.2, -0.15) is 0 Å². The lowest BCUT2D eigenvalue weighted by Crippen LogP contribution is -2.44. The van der Waals surface area contributed by atoms with Crippen molar-refractivity contribution in [1.82, 2.24) is 0 Å². The number of hydrogen-bond acceptors (Lipinski definition) is 4. The summed E-state index contributed by atoms with van der Waals surface area (Å²) in [5.41, 5.74) is 2.74. The maximum absolute atomic E-state index is 13.0. The standard InChI is InChI=1S/C20H20N2O4/c1-14(23)22(16-8-9-18-19(11-16)26-13-25-18)12-20(24)21-10-4-6-15-5-2-3-7-17(15)21/h2-3,5,7-9,11H,4,6,10,12-13H2,1H3. The van der Waals surface area contributed by atoms with Gasteiger partial charge in [-0.25, -0.2) is 0 Å². The average molecular weight is 352 g/mol. The van der Waals surface area contributed by atoms with Gasteiger partial charge in [0.1, 0.15) is 6.54 Å².